The summed E-state index contributed by atoms with van der Waals surface area (Å²) >= 11 is 1.89. The molecule has 4 heteroatoms. The Balaban J connectivity index is 2.15. The molecule has 1 heterocycles. The molecule has 1 fully saturated rings. The fourth-order valence-electron chi connectivity index (χ4n) is 2.47. The fraction of sp³-hybridized carbons (Fsp3) is 0.929. The van der Waals surface area contributed by atoms with Crippen molar-refractivity contribution >= 4 is 17.7 Å². The lowest BCUT2D eigenvalue weighted by molar-refractivity contribution is -0.138. The van der Waals surface area contributed by atoms with Crippen molar-refractivity contribution in [3.63, 3.8) is 0 Å². The molecule has 1 N–H and O–H groups in total. The lowest BCUT2D eigenvalue weighted by atomic mass is 10.1. The highest BCUT2D eigenvalue weighted by molar-refractivity contribution is 7.99. The number of rotatable bonds is 9. The van der Waals surface area contributed by atoms with Gasteiger partial charge in [0.1, 0.15) is 0 Å². The molecule has 1 atom stereocenters. The number of unbranched alkanes of at least 4 members (excludes halogenated alkanes) is 5. The SMILES string of the molecule is CCCCCCCCN1CCSCC1CC(=O)O. The first-order valence-corrected chi connectivity index (χ1v) is 8.43. The molecule has 0 aromatic rings. The summed E-state index contributed by atoms with van der Waals surface area (Å²) in [5.74, 6) is 1.49. The van der Waals surface area contributed by atoms with Gasteiger partial charge in [0.15, 0.2) is 0 Å². The second-order valence-electron chi connectivity index (χ2n) is 5.13. The summed E-state index contributed by atoms with van der Waals surface area (Å²) in [6.07, 6.45) is 8.16. The third-order valence-corrected chi connectivity index (χ3v) is 4.65. The first-order chi connectivity index (χ1) is 8.74. The molecule has 0 aromatic carbocycles. The van der Waals surface area contributed by atoms with Gasteiger partial charge in [0.25, 0.3) is 0 Å². The van der Waals surface area contributed by atoms with Crippen molar-refractivity contribution < 1.29 is 9.90 Å². The molecule has 0 amide bonds. The second-order valence-corrected chi connectivity index (χ2v) is 6.28. The summed E-state index contributed by atoms with van der Waals surface area (Å²) in [7, 11) is 0. The van der Waals surface area contributed by atoms with Crippen LogP contribution in [0.15, 0.2) is 0 Å². The average Bonchev–Trinajstić information content (AvgIpc) is 2.35. The monoisotopic (exact) mass is 273 g/mol. The maximum Gasteiger partial charge on any atom is 0.304 e. The van der Waals surface area contributed by atoms with E-state index in [1.807, 2.05) is 11.8 Å². The topological polar surface area (TPSA) is 40.5 Å². The van der Waals surface area contributed by atoms with Crippen LogP contribution in [0.25, 0.3) is 0 Å². The summed E-state index contributed by atoms with van der Waals surface area (Å²) in [4.78, 5) is 13.2. The molecular formula is C14H27NO2S. The van der Waals surface area contributed by atoms with Gasteiger partial charge in [0.2, 0.25) is 0 Å². The van der Waals surface area contributed by atoms with Crippen LogP contribution < -0.4 is 0 Å². The number of hydrogen-bond acceptors (Lipinski definition) is 3. The van der Waals surface area contributed by atoms with Crippen LogP contribution in [-0.4, -0.2) is 46.6 Å². The van der Waals surface area contributed by atoms with E-state index < -0.39 is 5.97 Å². The lowest BCUT2D eigenvalue weighted by Crippen LogP contribution is -2.43. The molecule has 0 spiro atoms. The zero-order valence-corrected chi connectivity index (χ0v) is 12.4. The number of thioether (sulfide) groups is 1. The van der Waals surface area contributed by atoms with Crippen LogP contribution in [0.1, 0.15) is 51.9 Å². The number of aliphatic carboxylic acids is 1. The van der Waals surface area contributed by atoms with E-state index in [9.17, 15) is 4.79 Å². The van der Waals surface area contributed by atoms with Crippen LogP contribution in [-0.2, 0) is 4.79 Å². The number of carboxylic acid groups (broad SMARTS) is 1. The summed E-state index contributed by atoms with van der Waals surface area (Å²) in [6.45, 7) is 4.39. The Bertz CT molecular complexity index is 236. The summed E-state index contributed by atoms with van der Waals surface area (Å²) < 4.78 is 0. The van der Waals surface area contributed by atoms with Crippen molar-refractivity contribution in [1.29, 1.82) is 0 Å². The third kappa shape index (κ3) is 6.64. The molecule has 106 valence electrons. The van der Waals surface area contributed by atoms with Gasteiger partial charge < -0.3 is 5.11 Å². The minimum atomic E-state index is -0.657. The fourth-order valence-corrected chi connectivity index (χ4v) is 3.60. The molecule has 1 saturated heterocycles. The highest BCUT2D eigenvalue weighted by atomic mass is 32.2. The molecule has 0 saturated carbocycles. The van der Waals surface area contributed by atoms with Gasteiger partial charge in [-0.3, -0.25) is 9.69 Å². The van der Waals surface area contributed by atoms with Gasteiger partial charge in [0.05, 0.1) is 6.42 Å². The Kier molecular flexibility index (Phi) is 8.51. The molecule has 1 unspecified atom stereocenters. The molecule has 3 nitrogen and oxygen atoms in total. The molecular weight excluding hydrogens is 246 g/mol. The van der Waals surface area contributed by atoms with E-state index in [1.165, 1.54) is 38.5 Å². The number of hydrogen-bond donors (Lipinski definition) is 1. The van der Waals surface area contributed by atoms with Crippen LogP contribution in [0.3, 0.4) is 0 Å². The maximum absolute atomic E-state index is 10.8. The van der Waals surface area contributed by atoms with Gasteiger partial charge in [-0.2, -0.15) is 11.8 Å². The van der Waals surface area contributed by atoms with E-state index >= 15 is 0 Å². The molecule has 0 aliphatic carbocycles. The highest BCUT2D eigenvalue weighted by Crippen LogP contribution is 2.19. The van der Waals surface area contributed by atoms with Gasteiger partial charge >= 0.3 is 5.97 Å². The molecule has 18 heavy (non-hydrogen) atoms. The Labute approximate surface area is 115 Å². The van der Waals surface area contributed by atoms with Crippen molar-refractivity contribution in [2.75, 3.05) is 24.6 Å². The molecule has 1 aliphatic rings. The standard InChI is InChI=1S/C14H27NO2S/c1-2-3-4-5-6-7-8-15-9-10-18-12-13(15)11-14(16)17/h13H,2-12H2,1H3,(H,16,17). The van der Waals surface area contributed by atoms with Gasteiger partial charge in [-0.15, -0.1) is 0 Å². The van der Waals surface area contributed by atoms with Gasteiger partial charge in [-0.05, 0) is 13.0 Å². The van der Waals surface area contributed by atoms with Crippen molar-refractivity contribution in [3.05, 3.63) is 0 Å². The highest BCUT2D eigenvalue weighted by Gasteiger charge is 2.24. The third-order valence-electron chi connectivity index (χ3n) is 3.56. The summed E-state index contributed by atoms with van der Waals surface area (Å²) in [5.41, 5.74) is 0. The smallest absolute Gasteiger partial charge is 0.304 e. The molecule has 0 aromatic heterocycles. The lowest BCUT2D eigenvalue weighted by Gasteiger charge is -2.34. The Morgan fingerprint density at radius 1 is 1.28 bits per heavy atom. The van der Waals surface area contributed by atoms with Gasteiger partial charge in [-0.1, -0.05) is 39.0 Å². The van der Waals surface area contributed by atoms with E-state index in [0.29, 0.717) is 6.42 Å². The molecule has 0 radical (unpaired) electrons. The predicted molar refractivity (Wildman–Crippen MR) is 78.3 cm³/mol. The Morgan fingerprint density at radius 2 is 2.00 bits per heavy atom. The van der Waals surface area contributed by atoms with Crippen LogP contribution in [0.2, 0.25) is 0 Å². The minimum absolute atomic E-state index is 0.261. The molecule has 1 aliphatic heterocycles. The van der Waals surface area contributed by atoms with Crippen LogP contribution in [0, 0.1) is 0 Å². The van der Waals surface area contributed by atoms with E-state index in [1.54, 1.807) is 0 Å². The first-order valence-electron chi connectivity index (χ1n) is 7.27. The van der Waals surface area contributed by atoms with Crippen LogP contribution in [0.5, 0.6) is 0 Å². The number of carbonyl (C=O) groups is 1. The second kappa shape index (κ2) is 9.68. The zero-order valence-electron chi connectivity index (χ0n) is 11.6. The van der Waals surface area contributed by atoms with E-state index in [4.69, 9.17) is 5.11 Å². The number of carboxylic acids is 1. The largest absolute Gasteiger partial charge is 0.481 e. The van der Waals surface area contributed by atoms with Crippen molar-refractivity contribution in [1.82, 2.24) is 4.90 Å². The molecule has 1 rings (SSSR count). The minimum Gasteiger partial charge on any atom is -0.481 e. The maximum atomic E-state index is 10.8. The van der Waals surface area contributed by atoms with E-state index in [-0.39, 0.29) is 6.04 Å². The normalized spacial score (nSPS) is 21.1. The van der Waals surface area contributed by atoms with Gasteiger partial charge in [0, 0.05) is 24.1 Å². The predicted octanol–water partition coefficient (Wildman–Crippen LogP) is 3.24. The van der Waals surface area contributed by atoms with Crippen molar-refractivity contribution in [2.24, 2.45) is 0 Å². The first kappa shape index (κ1) is 15.8. The molecule has 0 bridgehead atoms. The zero-order chi connectivity index (χ0) is 13.2. The van der Waals surface area contributed by atoms with Gasteiger partial charge in [-0.25, -0.2) is 0 Å². The Morgan fingerprint density at radius 3 is 2.72 bits per heavy atom. The Hall–Kier alpha value is -0.220. The van der Waals surface area contributed by atoms with Crippen molar-refractivity contribution in [2.45, 2.75) is 57.9 Å². The summed E-state index contributed by atoms with van der Waals surface area (Å²) in [5, 5.41) is 8.92. The quantitative estimate of drug-likeness (QED) is 0.655. The van der Waals surface area contributed by atoms with Crippen molar-refractivity contribution in [3.8, 4) is 0 Å². The number of nitrogens with zero attached hydrogens (tertiary/aromatic N) is 1. The van der Waals surface area contributed by atoms with E-state index in [0.717, 1.165) is 24.6 Å². The average molecular weight is 273 g/mol. The van der Waals surface area contributed by atoms with E-state index in [2.05, 4.69) is 11.8 Å². The summed E-state index contributed by atoms with van der Waals surface area (Å²) in [6, 6.07) is 0.261. The van der Waals surface area contributed by atoms with Crippen LogP contribution >= 0.6 is 11.8 Å². The van der Waals surface area contributed by atoms with Crippen LogP contribution in [0.4, 0.5) is 0 Å².